The van der Waals surface area contributed by atoms with Gasteiger partial charge in [0, 0.05) is 26.8 Å². The standard InChI is InChI=1S/C17H29N3O3/c1-21-12-6-4-5-10-19-17(18)20-11-9-14-7-8-15(22-2)16(13-14)23-3/h7-8,13H,4-6,9-12H2,1-3H3,(H3,18,19,20). The van der Waals surface area contributed by atoms with E-state index in [0.717, 1.165) is 62.4 Å². The Labute approximate surface area is 139 Å². The molecule has 0 aliphatic rings. The first-order valence-electron chi connectivity index (χ1n) is 7.95. The number of methoxy groups -OCH3 is 3. The number of nitrogens with zero attached hydrogens (tertiary/aromatic N) is 1. The Balaban J connectivity index is 2.27. The molecular formula is C17H29N3O3. The normalized spacial score (nSPS) is 11.3. The zero-order chi connectivity index (χ0) is 16.9. The van der Waals surface area contributed by atoms with Crippen LogP contribution in [0.25, 0.3) is 0 Å². The second kappa shape index (κ2) is 11.6. The van der Waals surface area contributed by atoms with Crippen LogP contribution >= 0.6 is 0 Å². The fourth-order valence-corrected chi connectivity index (χ4v) is 2.16. The molecule has 0 radical (unpaired) electrons. The highest BCUT2D eigenvalue weighted by Crippen LogP contribution is 2.27. The fraction of sp³-hybridized carbons (Fsp3) is 0.588. The first-order chi connectivity index (χ1) is 11.2. The van der Waals surface area contributed by atoms with Crippen LogP contribution in [0.1, 0.15) is 24.8 Å². The maximum atomic E-state index is 5.85. The van der Waals surface area contributed by atoms with E-state index in [2.05, 4.69) is 10.3 Å². The van der Waals surface area contributed by atoms with Crippen LogP contribution < -0.4 is 20.5 Å². The van der Waals surface area contributed by atoms with Crippen molar-refractivity contribution >= 4 is 5.96 Å². The first kappa shape index (κ1) is 19.1. The lowest BCUT2D eigenvalue weighted by Crippen LogP contribution is -2.33. The minimum atomic E-state index is 0.497. The topological polar surface area (TPSA) is 78.1 Å². The third-order valence-electron chi connectivity index (χ3n) is 3.46. The van der Waals surface area contributed by atoms with Crippen LogP contribution in [0, 0.1) is 0 Å². The summed E-state index contributed by atoms with van der Waals surface area (Å²) in [4.78, 5) is 4.31. The van der Waals surface area contributed by atoms with Gasteiger partial charge in [-0.1, -0.05) is 6.07 Å². The van der Waals surface area contributed by atoms with E-state index in [-0.39, 0.29) is 0 Å². The molecule has 0 atom stereocenters. The van der Waals surface area contributed by atoms with E-state index in [1.54, 1.807) is 21.3 Å². The summed E-state index contributed by atoms with van der Waals surface area (Å²) in [6.07, 6.45) is 4.04. The largest absolute Gasteiger partial charge is 0.493 e. The average Bonchev–Trinajstić information content (AvgIpc) is 2.57. The van der Waals surface area contributed by atoms with Crippen LogP contribution in [0.4, 0.5) is 0 Å². The second-order valence-electron chi connectivity index (χ2n) is 5.19. The summed E-state index contributed by atoms with van der Waals surface area (Å²) in [6, 6.07) is 5.90. The van der Waals surface area contributed by atoms with E-state index in [1.807, 2.05) is 18.2 Å². The van der Waals surface area contributed by atoms with Gasteiger partial charge < -0.3 is 25.3 Å². The molecule has 0 fully saturated rings. The van der Waals surface area contributed by atoms with Crippen molar-refractivity contribution < 1.29 is 14.2 Å². The van der Waals surface area contributed by atoms with Crippen LogP contribution in [0.15, 0.2) is 23.2 Å². The summed E-state index contributed by atoms with van der Waals surface area (Å²) >= 11 is 0. The molecule has 0 saturated heterocycles. The predicted molar refractivity (Wildman–Crippen MR) is 93.5 cm³/mol. The Morgan fingerprint density at radius 2 is 1.87 bits per heavy atom. The maximum Gasteiger partial charge on any atom is 0.188 e. The molecule has 0 aromatic heterocycles. The highest BCUT2D eigenvalue weighted by Gasteiger charge is 2.04. The van der Waals surface area contributed by atoms with Gasteiger partial charge >= 0.3 is 0 Å². The van der Waals surface area contributed by atoms with E-state index in [4.69, 9.17) is 19.9 Å². The molecule has 6 nitrogen and oxygen atoms in total. The molecule has 1 aromatic carbocycles. The number of hydrogen-bond donors (Lipinski definition) is 2. The Morgan fingerprint density at radius 3 is 2.57 bits per heavy atom. The number of aliphatic imine (C=N–C) groups is 1. The van der Waals surface area contributed by atoms with Gasteiger partial charge in [-0.15, -0.1) is 0 Å². The van der Waals surface area contributed by atoms with Crippen LogP contribution in [0.2, 0.25) is 0 Å². The summed E-state index contributed by atoms with van der Waals surface area (Å²) in [5.74, 6) is 1.97. The minimum Gasteiger partial charge on any atom is -0.493 e. The van der Waals surface area contributed by atoms with E-state index >= 15 is 0 Å². The van der Waals surface area contributed by atoms with Crippen molar-refractivity contribution in [3.8, 4) is 11.5 Å². The lowest BCUT2D eigenvalue weighted by atomic mass is 10.1. The molecule has 0 heterocycles. The number of hydrogen-bond acceptors (Lipinski definition) is 4. The van der Waals surface area contributed by atoms with Crippen molar-refractivity contribution in [2.24, 2.45) is 10.7 Å². The van der Waals surface area contributed by atoms with Crippen LogP contribution in [-0.4, -0.2) is 47.0 Å². The Hall–Kier alpha value is -1.95. The summed E-state index contributed by atoms with van der Waals surface area (Å²) < 4.78 is 15.5. The van der Waals surface area contributed by atoms with Crippen molar-refractivity contribution in [1.29, 1.82) is 0 Å². The molecule has 130 valence electrons. The van der Waals surface area contributed by atoms with Crippen LogP contribution in [-0.2, 0) is 11.2 Å². The van der Waals surface area contributed by atoms with Crippen molar-refractivity contribution in [3.05, 3.63) is 23.8 Å². The first-order valence-corrected chi connectivity index (χ1v) is 7.95. The number of unbranched alkanes of at least 4 members (excludes halogenated alkanes) is 2. The van der Waals surface area contributed by atoms with Gasteiger partial charge in [0.1, 0.15) is 0 Å². The smallest absolute Gasteiger partial charge is 0.188 e. The number of rotatable bonds is 11. The molecule has 1 rings (SSSR count). The number of guanidine groups is 1. The van der Waals surface area contributed by atoms with Gasteiger partial charge in [-0.2, -0.15) is 0 Å². The number of benzene rings is 1. The van der Waals surface area contributed by atoms with Gasteiger partial charge in [-0.3, -0.25) is 4.99 Å². The lowest BCUT2D eigenvalue weighted by Gasteiger charge is -2.10. The molecule has 0 spiro atoms. The highest BCUT2D eigenvalue weighted by molar-refractivity contribution is 5.77. The Bertz CT molecular complexity index is 478. The molecule has 0 amide bonds. The third-order valence-corrected chi connectivity index (χ3v) is 3.46. The van der Waals surface area contributed by atoms with Gasteiger partial charge in [0.2, 0.25) is 0 Å². The van der Waals surface area contributed by atoms with Gasteiger partial charge in [0.05, 0.1) is 14.2 Å². The fourth-order valence-electron chi connectivity index (χ4n) is 2.16. The van der Waals surface area contributed by atoms with Gasteiger partial charge in [-0.25, -0.2) is 0 Å². The molecule has 6 heteroatoms. The molecular weight excluding hydrogens is 294 g/mol. The summed E-state index contributed by atoms with van der Waals surface area (Å²) in [5, 5.41) is 3.13. The summed E-state index contributed by atoms with van der Waals surface area (Å²) in [5.41, 5.74) is 7.01. The second-order valence-corrected chi connectivity index (χ2v) is 5.19. The SMILES string of the molecule is COCCCCCN=C(N)NCCc1ccc(OC)c(OC)c1. The number of ether oxygens (including phenoxy) is 3. The van der Waals surface area contributed by atoms with Crippen molar-refractivity contribution in [2.75, 3.05) is 41.0 Å². The number of nitrogens with two attached hydrogens (primary N) is 1. The molecule has 0 saturated carbocycles. The van der Waals surface area contributed by atoms with E-state index in [9.17, 15) is 0 Å². The summed E-state index contributed by atoms with van der Waals surface area (Å²) in [6.45, 7) is 2.29. The summed E-state index contributed by atoms with van der Waals surface area (Å²) in [7, 11) is 4.99. The van der Waals surface area contributed by atoms with Crippen LogP contribution in [0.3, 0.4) is 0 Å². The van der Waals surface area contributed by atoms with Crippen molar-refractivity contribution in [2.45, 2.75) is 25.7 Å². The minimum absolute atomic E-state index is 0.497. The van der Waals surface area contributed by atoms with E-state index in [1.165, 1.54) is 0 Å². The Kier molecular flexibility index (Phi) is 9.63. The number of nitrogens with one attached hydrogen (secondary N) is 1. The van der Waals surface area contributed by atoms with E-state index < -0.39 is 0 Å². The molecule has 0 unspecified atom stereocenters. The van der Waals surface area contributed by atoms with Gasteiger partial charge in [-0.05, 0) is 43.4 Å². The molecule has 3 N–H and O–H groups in total. The third kappa shape index (κ3) is 7.74. The zero-order valence-corrected chi connectivity index (χ0v) is 14.4. The lowest BCUT2D eigenvalue weighted by molar-refractivity contribution is 0.192. The monoisotopic (exact) mass is 323 g/mol. The van der Waals surface area contributed by atoms with E-state index in [0.29, 0.717) is 5.96 Å². The quantitative estimate of drug-likeness (QED) is 0.370. The van der Waals surface area contributed by atoms with Gasteiger partial charge in [0.25, 0.3) is 0 Å². The Morgan fingerprint density at radius 1 is 1.09 bits per heavy atom. The molecule has 0 bridgehead atoms. The van der Waals surface area contributed by atoms with Crippen molar-refractivity contribution in [3.63, 3.8) is 0 Å². The molecule has 0 aliphatic heterocycles. The maximum absolute atomic E-state index is 5.85. The molecule has 23 heavy (non-hydrogen) atoms. The van der Waals surface area contributed by atoms with Gasteiger partial charge in [0.15, 0.2) is 17.5 Å². The average molecular weight is 323 g/mol. The van der Waals surface area contributed by atoms with Crippen molar-refractivity contribution in [1.82, 2.24) is 5.32 Å². The predicted octanol–water partition coefficient (Wildman–Crippen LogP) is 1.97. The molecule has 1 aromatic rings. The molecule has 0 aliphatic carbocycles. The van der Waals surface area contributed by atoms with Crippen LogP contribution in [0.5, 0.6) is 11.5 Å². The highest BCUT2D eigenvalue weighted by atomic mass is 16.5. The zero-order valence-electron chi connectivity index (χ0n) is 14.4.